The van der Waals surface area contributed by atoms with Gasteiger partial charge in [0.1, 0.15) is 0 Å². The maximum Gasteiger partial charge on any atom is 0.211 e. The number of hydrogen-bond acceptors (Lipinski definition) is 3. The van der Waals surface area contributed by atoms with Crippen LogP contribution in [0.4, 0.5) is 0 Å². The van der Waals surface area contributed by atoms with Gasteiger partial charge < -0.3 is 4.74 Å². The summed E-state index contributed by atoms with van der Waals surface area (Å²) in [5.41, 5.74) is 1.71. The van der Waals surface area contributed by atoms with Crippen molar-refractivity contribution in [1.29, 1.82) is 0 Å². The molecule has 0 amide bonds. The van der Waals surface area contributed by atoms with Gasteiger partial charge in [0.15, 0.2) is 0 Å². The minimum absolute atomic E-state index is 0.191. The summed E-state index contributed by atoms with van der Waals surface area (Å²) in [7, 11) is -3.23. The normalized spacial score (nSPS) is 24.3. The number of benzene rings is 1. The molecule has 0 bridgehead atoms. The van der Waals surface area contributed by atoms with Crippen LogP contribution in [0, 0.1) is 6.92 Å². The molecule has 5 heteroatoms. The molecule has 106 valence electrons. The van der Waals surface area contributed by atoms with E-state index in [1.165, 1.54) is 16.1 Å². The molecule has 0 radical (unpaired) electrons. The fourth-order valence-electron chi connectivity index (χ4n) is 2.39. The first-order valence-electron chi connectivity index (χ1n) is 6.36. The summed E-state index contributed by atoms with van der Waals surface area (Å²) < 4.78 is 31.2. The lowest BCUT2D eigenvalue weighted by atomic mass is 10.0. The molecular weight excluding hydrogens is 262 g/mol. The Kier molecular flexibility index (Phi) is 3.73. The van der Waals surface area contributed by atoms with Crippen molar-refractivity contribution in [1.82, 2.24) is 4.31 Å². The molecule has 1 aliphatic heterocycles. The van der Waals surface area contributed by atoms with Gasteiger partial charge in [-0.15, -0.1) is 0 Å². The summed E-state index contributed by atoms with van der Waals surface area (Å²) >= 11 is 0. The van der Waals surface area contributed by atoms with Crippen molar-refractivity contribution in [2.75, 3.05) is 19.4 Å². The Labute approximate surface area is 115 Å². The SMILES string of the molecule is Cc1ccc(C2CN(S(C)(=O)=O)C(C)(C)CO2)cc1. The third-order valence-electron chi connectivity index (χ3n) is 3.49. The molecule has 4 nitrogen and oxygen atoms in total. The van der Waals surface area contributed by atoms with Gasteiger partial charge >= 0.3 is 0 Å². The molecule has 0 aliphatic carbocycles. The molecule has 0 saturated carbocycles. The summed E-state index contributed by atoms with van der Waals surface area (Å²) in [6, 6.07) is 8.03. The lowest BCUT2D eigenvalue weighted by Gasteiger charge is -2.43. The Morgan fingerprint density at radius 1 is 1.26 bits per heavy atom. The first kappa shape index (κ1) is 14.5. The van der Waals surface area contributed by atoms with E-state index >= 15 is 0 Å². The van der Waals surface area contributed by atoms with Crippen LogP contribution in [0.15, 0.2) is 24.3 Å². The van der Waals surface area contributed by atoms with Crippen LogP contribution < -0.4 is 0 Å². The maximum atomic E-state index is 11.9. The van der Waals surface area contributed by atoms with Crippen LogP contribution in [0.25, 0.3) is 0 Å². The zero-order chi connectivity index (χ0) is 14.3. The molecule has 1 unspecified atom stereocenters. The average molecular weight is 283 g/mol. The molecule has 0 aromatic heterocycles. The summed E-state index contributed by atoms with van der Waals surface area (Å²) in [6.45, 7) is 6.57. The van der Waals surface area contributed by atoms with Gasteiger partial charge in [-0.3, -0.25) is 0 Å². The molecule has 1 fully saturated rings. The molecular formula is C14H21NO3S. The number of morpholine rings is 1. The third kappa shape index (κ3) is 3.16. The number of nitrogens with zero attached hydrogens (tertiary/aromatic N) is 1. The second kappa shape index (κ2) is 4.89. The van der Waals surface area contributed by atoms with Crippen molar-refractivity contribution in [3.8, 4) is 0 Å². The second-order valence-electron chi connectivity index (χ2n) is 5.82. The molecule has 0 spiro atoms. The molecule has 2 rings (SSSR count). The van der Waals surface area contributed by atoms with Crippen molar-refractivity contribution >= 4 is 10.0 Å². The molecule has 1 aliphatic rings. The summed E-state index contributed by atoms with van der Waals surface area (Å²) in [4.78, 5) is 0. The predicted octanol–water partition coefficient (Wildman–Crippen LogP) is 2.11. The van der Waals surface area contributed by atoms with Gasteiger partial charge in [0.2, 0.25) is 10.0 Å². The third-order valence-corrected chi connectivity index (χ3v) is 4.94. The predicted molar refractivity (Wildman–Crippen MR) is 75.5 cm³/mol. The molecule has 1 aromatic carbocycles. The molecule has 1 heterocycles. The minimum Gasteiger partial charge on any atom is -0.370 e. The highest BCUT2D eigenvalue weighted by Crippen LogP contribution is 2.31. The fourth-order valence-corrected chi connectivity index (χ4v) is 3.75. The van der Waals surface area contributed by atoms with Crippen LogP contribution in [0.2, 0.25) is 0 Å². The lowest BCUT2D eigenvalue weighted by molar-refractivity contribution is -0.0652. The van der Waals surface area contributed by atoms with Crippen LogP contribution in [-0.4, -0.2) is 37.7 Å². The van der Waals surface area contributed by atoms with Crippen molar-refractivity contribution in [3.05, 3.63) is 35.4 Å². The van der Waals surface area contributed by atoms with Gasteiger partial charge in [-0.2, -0.15) is 4.31 Å². The minimum atomic E-state index is -3.23. The fraction of sp³-hybridized carbons (Fsp3) is 0.571. The molecule has 0 N–H and O–H groups in total. The number of hydrogen-bond donors (Lipinski definition) is 0. The highest BCUT2D eigenvalue weighted by atomic mass is 32.2. The van der Waals surface area contributed by atoms with E-state index in [-0.39, 0.29) is 6.10 Å². The average Bonchev–Trinajstić information content (AvgIpc) is 2.28. The zero-order valence-electron chi connectivity index (χ0n) is 11.9. The molecule has 19 heavy (non-hydrogen) atoms. The Bertz CT molecular complexity index is 549. The quantitative estimate of drug-likeness (QED) is 0.835. The van der Waals surface area contributed by atoms with E-state index in [9.17, 15) is 8.42 Å². The Morgan fingerprint density at radius 3 is 2.37 bits per heavy atom. The van der Waals surface area contributed by atoms with Crippen LogP contribution in [-0.2, 0) is 14.8 Å². The van der Waals surface area contributed by atoms with Crippen molar-refractivity contribution in [3.63, 3.8) is 0 Å². The van der Waals surface area contributed by atoms with E-state index in [0.29, 0.717) is 13.2 Å². The highest BCUT2D eigenvalue weighted by molar-refractivity contribution is 7.88. The highest BCUT2D eigenvalue weighted by Gasteiger charge is 2.40. The van der Waals surface area contributed by atoms with Crippen LogP contribution >= 0.6 is 0 Å². The summed E-state index contributed by atoms with van der Waals surface area (Å²) in [5.74, 6) is 0. The van der Waals surface area contributed by atoms with Gasteiger partial charge in [0, 0.05) is 6.54 Å². The monoisotopic (exact) mass is 283 g/mol. The standard InChI is InChI=1S/C14H21NO3S/c1-11-5-7-12(8-6-11)13-9-15(19(4,16)17)14(2,3)10-18-13/h5-8,13H,9-10H2,1-4H3. The zero-order valence-corrected chi connectivity index (χ0v) is 12.7. The van der Waals surface area contributed by atoms with E-state index in [4.69, 9.17) is 4.74 Å². The molecule has 1 atom stereocenters. The first-order chi connectivity index (χ1) is 8.70. The summed E-state index contributed by atoms with van der Waals surface area (Å²) in [5, 5.41) is 0. The lowest BCUT2D eigenvalue weighted by Crippen LogP contribution is -2.55. The van der Waals surface area contributed by atoms with Gasteiger partial charge in [0.25, 0.3) is 0 Å². The van der Waals surface area contributed by atoms with Crippen molar-refractivity contribution < 1.29 is 13.2 Å². The Balaban J connectivity index is 2.26. The van der Waals surface area contributed by atoms with Gasteiger partial charge in [-0.1, -0.05) is 29.8 Å². The van der Waals surface area contributed by atoms with Gasteiger partial charge in [0.05, 0.1) is 24.5 Å². The molecule has 1 saturated heterocycles. The van der Waals surface area contributed by atoms with Crippen LogP contribution in [0.1, 0.15) is 31.1 Å². The van der Waals surface area contributed by atoms with Crippen LogP contribution in [0.3, 0.4) is 0 Å². The second-order valence-corrected chi connectivity index (χ2v) is 7.72. The Morgan fingerprint density at radius 2 is 1.84 bits per heavy atom. The smallest absolute Gasteiger partial charge is 0.211 e. The van der Waals surface area contributed by atoms with E-state index in [1.54, 1.807) is 0 Å². The maximum absolute atomic E-state index is 11.9. The van der Waals surface area contributed by atoms with Crippen LogP contribution in [0.5, 0.6) is 0 Å². The van der Waals surface area contributed by atoms with Crippen molar-refractivity contribution in [2.24, 2.45) is 0 Å². The first-order valence-corrected chi connectivity index (χ1v) is 8.21. The number of sulfonamides is 1. The number of rotatable bonds is 2. The number of aryl methyl sites for hydroxylation is 1. The van der Waals surface area contributed by atoms with E-state index in [0.717, 1.165) is 5.56 Å². The largest absolute Gasteiger partial charge is 0.370 e. The molecule has 1 aromatic rings. The van der Waals surface area contributed by atoms with Crippen molar-refractivity contribution in [2.45, 2.75) is 32.4 Å². The summed E-state index contributed by atoms with van der Waals surface area (Å²) in [6.07, 6.45) is 1.06. The van der Waals surface area contributed by atoms with Gasteiger partial charge in [-0.25, -0.2) is 8.42 Å². The van der Waals surface area contributed by atoms with E-state index in [1.807, 2.05) is 45.0 Å². The topological polar surface area (TPSA) is 46.6 Å². The van der Waals surface area contributed by atoms with E-state index < -0.39 is 15.6 Å². The van der Waals surface area contributed by atoms with Gasteiger partial charge in [-0.05, 0) is 26.3 Å². The number of ether oxygens (including phenoxy) is 1. The van der Waals surface area contributed by atoms with E-state index in [2.05, 4.69) is 0 Å². The Hall–Kier alpha value is -0.910.